The number of aliphatic hydroxyl groups excluding tert-OH is 1. The second-order valence-electron chi connectivity index (χ2n) is 2.27. The normalized spacial score (nSPS) is 38.0. The van der Waals surface area contributed by atoms with E-state index in [1.165, 1.54) is 0 Å². The fourth-order valence-corrected chi connectivity index (χ4v) is 0.875. The third-order valence-electron chi connectivity index (χ3n) is 1.51. The Kier molecular flexibility index (Phi) is 2.42. The van der Waals surface area contributed by atoms with Gasteiger partial charge in [0, 0.05) is 19.6 Å². The summed E-state index contributed by atoms with van der Waals surface area (Å²) >= 11 is 0. The van der Waals surface area contributed by atoms with Crippen LogP contribution in [-0.4, -0.2) is 30.6 Å². The highest BCUT2D eigenvalue weighted by molar-refractivity contribution is 4.69. The maximum absolute atomic E-state index is 12.5. The van der Waals surface area contributed by atoms with Crippen LogP contribution in [0.5, 0.6) is 0 Å². The van der Waals surface area contributed by atoms with Crippen LogP contribution in [0, 0.1) is 0 Å². The second kappa shape index (κ2) is 3.13. The largest absolute Gasteiger partial charge is 0.390 e. The van der Waals surface area contributed by atoms with Gasteiger partial charge in [-0.05, 0) is 6.42 Å². The molecule has 1 N–H and O–H groups in total. The number of hydrogen-bond donors (Lipinski definition) is 1. The predicted molar refractivity (Wildman–Crippen MR) is 31.0 cm³/mol. The van der Waals surface area contributed by atoms with Crippen LogP contribution >= 0.6 is 0 Å². The van der Waals surface area contributed by atoms with Crippen LogP contribution in [0.3, 0.4) is 0 Å². The van der Waals surface area contributed by atoms with Crippen LogP contribution in [0.15, 0.2) is 0 Å². The summed E-state index contributed by atoms with van der Waals surface area (Å²) in [6.07, 6.45) is -1.11. The van der Waals surface area contributed by atoms with E-state index in [9.17, 15) is 4.39 Å². The zero-order valence-corrected chi connectivity index (χ0v) is 5.22. The summed E-state index contributed by atoms with van der Waals surface area (Å²) in [4.78, 5) is 0. The molecule has 3 heteroatoms. The van der Waals surface area contributed by atoms with Crippen molar-refractivity contribution in [3.63, 3.8) is 0 Å². The van der Waals surface area contributed by atoms with Crippen molar-refractivity contribution in [2.75, 3.05) is 13.2 Å². The van der Waals surface area contributed by atoms with Gasteiger partial charge < -0.3 is 9.84 Å². The molecule has 0 saturated carbocycles. The van der Waals surface area contributed by atoms with Gasteiger partial charge in [0.1, 0.15) is 6.17 Å². The summed E-state index contributed by atoms with van der Waals surface area (Å²) in [7, 11) is 0. The van der Waals surface area contributed by atoms with E-state index in [4.69, 9.17) is 9.84 Å². The third-order valence-corrected chi connectivity index (χ3v) is 1.51. The molecule has 0 radical (unpaired) electrons. The molecule has 2 atom stereocenters. The fraction of sp³-hybridized carbons (Fsp3) is 1.00. The van der Waals surface area contributed by atoms with Gasteiger partial charge in [-0.3, -0.25) is 0 Å². The molecule has 0 aromatic heterocycles. The topological polar surface area (TPSA) is 29.5 Å². The van der Waals surface area contributed by atoms with E-state index in [2.05, 4.69) is 0 Å². The SMILES string of the molecule is O[C@H]1CCOCC[C@H]1F. The van der Waals surface area contributed by atoms with Crippen molar-refractivity contribution in [3.05, 3.63) is 0 Å². The number of alkyl halides is 1. The Morgan fingerprint density at radius 1 is 1.33 bits per heavy atom. The van der Waals surface area contributed by atoms with Crippen molar-refractivity contribution >= 4 is 0 Å². The van der Waals surface area contributed by atoms with E-state index >= 15 is 0 Å². The molecule has 2 nitrogen and oxygen atoms in total. The molecule has 1 aliphatic rings. The molecule has 0 spiro atoms. The monoisotopic (exact) mass is 134 g/mol. The van der Waals surface area contributed by atoms with Gasteiger partial charge in [0.25, 0.3) is 0 Å². The maximum atomic E-state index is 12.5. The van der Waals surface area contributed by atoms with Crippen LogP contribution in [0.2, 0.25) is 0 Å². The molecule has 1 saturated heterocycles. The Bertz CT molecular complexity index is 77.1. The molecule has 0 aromatic carbocycles. The maximum Gasteiger partial charge on any atom is 0.128 e. The van der Waals surface area contributed by atoms with Crippen LogP contribution in [0.1, 0.15) is 12.8 Å². The van der Waals surface area contributed by atoms with Gasteiger partial charge in [-0.1, -0.05) is 0 Å². The number of rotatable bonds is 0. The minimum atomic E-state index is -1.08. The molecule has 1 heterocycles. The van der Waals surface area contributed by atoms with Crippen molar-refractivity contribution in [1.29, 1.82) is 0 Å². The first-order valence-corrected chi connectivity index (χ1v) is 3.20. The predicted octanol–water partition coefficient (Wildman–Crippen LogP) is 0.496. The molecule has 1 aliphatic heterocycles. The van der Waals surface area contributed by atoms with Gasteiger partial charge in [0.2, 0.25) is 0 Å². The Labute approximate surface area is 53.6 Å². The third kappa shape index (κ3) is 1.91. The molecule has 0 unspecified atom stereocenters. The van der Waals surface area contributed by atoms with E-state index in [1.807, 2.05) is 0 Å². The van der Waals surface area contributed by atoms with Crippen molar-refractivity contribution in [3.8, 4) is 0 Å². The lowest BCUT2D eigenvalue weighted by Crippen LogP contribution is -2.20. The minimum Gasteiger partial charge on any atom is -0.390 e. The Morgan fingerprint density at radius 2 is 2.00 bits per heavy atom. The zero-order chi connectivity index (χ0) is 6.69. The highest BCUT2D eigenvalue weighted by Gasteiger charge is 2.20. The van der Waals surface area contributed by atoms with Gasteiger partial charge in [-0.15, -0.1) is 0 Å². The quantitative estimate of drug-likeness (QED) is 0.522. The summed E-state index contributed by atoms with van der Waals surface area (Å²) in [5, 5.41) is 8.90. The van der Waals surface area contributed by atoms with E-state index in [0.29, 0.717) is 26.1 Å². The van der Waals surface area contributed by atoms with Gasteiger partial charge in [-0.2, -0.15) is 0 Å². The first-order valence-electron chi connectivity index (χ1n) is 3.20. The van der Waals surface area contributed by atoms with Crippen LogP contribution in [-0.2, 0) is 4.74 Å². The molecule has 9 heavy (non-hydrogen) atoms. The molecule has 0 aromatic rings. The summed E-state index contributed by atoms with van der Waals surface area (Å²) in [5.41, 5.74) is 0. The molecule has 0 aliphatic carbocycles. The molecule has 54 valence electrons. The number of ether oxygens (including phenoxy) is 1. The average molecular weight is 134 g/mol. The standard InChI is InChI=1S/C6H11FO2/c7-5-1-3-9-4-2-6(5)8/h5-6,8H,1-4H2/t5-,6+/m1/s1. The lowest BCUT2D eigenvalue weighted by atomic mass is 10.1. The minimum absolute atomic E-state index is 0.334. The molecular formula is C6H11FO2. The van der Waals surface area contributed by atoms with E-state index < -0.39 is 12.3 Å². The summed E-state index contributed by atoms with van der Waals surface area (Å²) in [5.74, 6) is 0. The molecule has 0 bridgehead atoms. The van der Waals surface area contributed by atoms with E-state index in [0.717, 1.165) is 0 Å². The smallest absolute Gasteiger partial charge is 0.128 e. The second-order valence-corrected chi connectivity index (χ2v) is 2.27. The summed E-state index contributed by atoms with van der Waals surface area (Å²) in [6, 6.07) is 0. The van der Waals surface area contributed by atoms with Crippen molar-refractivity contribution < 1.29 is 14.2 Å². The van der Waals surface area contributed by atoms with Gasteiger partial charge in [-0.25, -0.2) is 4.39 Å². The average Bonchev–Trinajstić information content (AvgIpc) is 1.99. The highest BCUT2D eigenvalue weighted by Crippen LogP contribution is 2.11. The zero-order valence-electron chi connectivity index (χ0n) is 5.22. The molecular weight excluding hydrogens is 123 g/mol. The number of hydrogen-bond acceptors (Lipinski definition) is 2. The number of halogens is 1. The molecule has 1 rings (SSSR count). The first kappa shape index (κ1) is 6.96. The highest BCUT2D eigenvalue weighted by atomic mass is 19.1. The van der Waals surface area contributed by atoms with Crippen molar-refractivity contribution in [1.82, 2.24) is 0 Å². The van der Waals surface area contributed by atoms with Crippen molar-refractivity contribution in [2.24, 2.45) is 0 Å². The summed E-state index contributed by atoms with van der Waals surface area (Å²) < 4.78 is 17.4. The van der Waals surface area contributed by atoms with Gasteiger partial charge in [0.05, 0.1) is 6.10 Å². The Hall–Kier alpha value is -0.150. The molecule has 0 amide bonds. The first-order chi connectivity index (χ1) is 4.30. The lowest BCUT2D eigenvalue weighted by Gasteiger charge is -2.08. The molecule has 1 fully saturated rings. The van der Waals surface area contributed by atoms with Crippen LogP contribution in [0.4, 0.5) is 4.39 Å². The van der Waals surface area contributed by atoms with Crippen molar-refractivity contribution in [2.45, 2.75) is 25.1 Å². The van der Waals surface area contributed by atoms with Gasteiger partial charge in [0.15, 0.2) is 0 Å². The van der Waals surface area contributed by atoms with E-state index in [1.54, 1.807) is 0 Å². The Morgan fingerprint density at radius 3 is 2.78 bits per heavy atom. The Balaban J connectivity index is 2.32. The fourth-order valence-electron chi connectivity index (χ4n) is 0.875. The number of aliphatic hydroxyl groups is 1. The van der Waals surface area contributed by atoms with E-state index in [-0.39, 0.29) is 0 Å². The van der Waals surface area contributed by atoms with Gasteiger partial charge >= 0.3 is 0 Å². The van der Waals surface area contributed by atoms with Crippen LogP contribution < -0.4 is 0 Å². The summed E-state index contributed by atoms with van der Waals surface area (Å²) in [6.45, 7) is 0.930. The lowest BCUT2D eigenvalue weighted by molar-refractivity contribution is 0.0740. The van der Waals surface area contributed by atoms with Crippen LogP contribution in [0.25, 0.3) is 0 Å².